The van der Waals surface area contributed by atoms with Gasteiger partial charge in [-0.1, -0.05) is 6.58 Å². The molecule has 2 heteroatoms. The molecule has 0 amide bonds. The molecule has 0 aliphatic rings. The van der Waals surface area contributed by atoms with E-state index in [2.05, 4.69) is 19.0 Å². The van der Waals surface area contributed by atoms with Gasteiger partial charge in [0.2, 0.25) is 0 Å². The summed E-state index contributed by atoms with van der Waals surface area (Å²) in [7, 11) is 0. The zero-order valence-corrected chi connectivity index (χ0v) is 7.25. The second-order valence-corrected chi connectivity index (χ2v) is 2.07. The maximum atomic E-state index is 3.68. The molecule has 0 aromatic carbocycles. The molecule has 0 radical (unpaired) electrons. The van der Waals surface area contributed by atoms with Crippen LogP contribution in [0.5, 0.6) is 0 Å². The van der Waals surface area contributed by atoms with E-state index in [1.807, 2.05) is 32.1 Å². The van der Waals surface area contributed by atoms with Crippen LogP contribution >= 0.6 is 0 Å². The first-order chi connectivity index (χ1) is 4.85. The van der Waals surface area contributed by atoms with Crippen LogP contribution in [0.3, 0.4) is 0 Å². The third kappa shape index (κ3) is 7.03. The fourth-order valence-corrected chi connectivity index (χ4v) is 0.786. The molecule has 2 nitrogen and oxygen atoms in total. The Kier molecular flexibility index (Phi) is 10.6. The van der Waals surface area contributed by atoms with Crippen molar-refractivity contribution in [2.24, 2.45) is 0 Å². The SMILES string of the molecule is C=CC[NH+](C=CC)C=CC.[OH-]. The summed E-state index contributed by atoms with van der Waals surface area (Å²) < 4.78 is 0. The van der Waals surface area contributed by atoms with Crippen molar-refractivity contribution in [1.29, 1.82) is 0 Å². The Balaban J connectivity index is 0. The van der Waals surface area contributed by atoms with Crippen molar-refractivity contribution in [1.82, 2.24) is 0 Å². The van der Waals surface area contributed by atoms with E-state index in [1.54, 1.807) is 0 Å². The van der Waals surface area contributed by atoms with Gasteiger partial charge in [0.25, 0.3) is 0 Å². The summed E-state index contributed by atoms with van der Waals surface area (Å²) in [6.07, 6.45) is 10.2. The molecule has 11 heavy (non-hydrogen) atoms. The van der Waals surface area contributed by atoms with Gasteiger partial charge >= 0.3 is 0 Å². The molecule has 0 aromatic rings. The van der Waals surface area contributed by atoms with E-state index >= 15 is 0 Å². The third-order valence-corrected chi connectivity index (χ3v) is 1.14. The highest BCUT2D eigenvalue weighted by atomic mass is 16.0. The Bertz CT molecular complexity index is 126. The molecule has 0 rings (SSSR count). The highest BCUT2D eigenvalue weighted by molar-refractivity contribution is 4.75. The van der Waals surface area contributed by atoms with Crippen LogP contribution in [-0.2, 0) is 0 Å². The molecule has 0 heterocycles. The van der Waals surface area contributed by atoms with Crippen molar-refractivity contribution < 1.29 is 10.4 Å². The lowest BCUT2D eigenvalue weighted by atomic mass is 10.5. The molecule has 0 aliphatic heterocycles. The Labute approximate surface area is 68.8 Å². The molecule has 0 aromatic heterocycles. The van der Waals surface area contributed by atoms with E-state index in [1.165, 1.54) is 4.90 Å². The van der Waals surface area contributed by atoms with Crippen molar-refractivity contribution in [3.63, 3.8) is 0 Å². The molecule has 2 N–H and O–H groups in total. The second-order valence-electron chi connectivity index (χ2n) is 2.07. The lowest BCUT2D eigenvalue weighted by molar-refractivity contribution is -0.782. The minimum Gasteiger partial charge on any atom is -0.870 e. The molecule has 0 unspecified atom stereocenters. The van der Waals surface area contributed by atoms with Crippen molar-refractivity contribution in [2.45, 2.75) is 13.8 Å². The normalized spacial score (nSPS) is 13.3. The van der Waals surface area contributed by atoms with E-state index in [9.17, 15) is 0 Å². The minimum atomic E-state index is 0. The van der Waals surface area contributed by atoms with Crippen LogP contribution in [0.15, 0.2) is 37.2 Å². The molecular weight excluding hydrogens is 138 g/mol. The average molecular weight is 155 g/mol. The topological polar surface area (TPSA) is 34.4 Å². The monoisotopic (exact) mass is 155 g/mol. The molecular formula is C9H17NO. The van der Waals surface area contributed by atoms with Gasteiger partial charge in [-0.25, -0.2) is 0 Å². The van der Waals surface area contributed by atoms with Crippen LogP contribution in [0.25, 0.3) is 0 Å². The van der Waals surface area contributed by atoms with Gasteiger partial charge in [-0.3, -0.25) is 4.90 Å². The highest BCUT2D eigenvalue weighted by Gasteiger charge is 1.91. The van der Waals surface area contributed by atoms with Gasteiger partial charge in [-0.15, -0.1) is 0 Å². The molecule has 64 valence electrons. The van der Waals surface area contributed by atoms with Crippen LogP contribution in [0.2, 0.25) is 0 Å². The van der Waals surface area contributed by atoms with Crippen LogP contribution in [0.4, 0.5) is 0 Å². The summed E-state index contributed by atoms with van der Waals surface area (Å²) in [5, 5.41) is 0. The van der Waals surface area contributed by atoms with Gasteiger partial charge < -0.3 is 5.48 Å². The lowest BCUT2D eigenvalue weighted by Crippen LogP contribution is -3.02. The zero-order chi connectivity index (χ0) is 7.82. The molecule has 0 spiro atoms. The fourth-order valence-electron chi connectivity index (χ4n) is 0.786. The number of allylic oxidation sites excluding steroid dienone is 2. The predicted octanol–water partition coefficient (Wildman–Crippen LogP) is 0.948. The second kappa shape index (κ2) is 9.14. The lowest BCUT2D eigenvalue weighted by Gasteiger charge is -2.03. The van der Waals surface area contributed by atoms with Crippen LogP contribution in [0, 0.1) is 0 Å². The molecule has 0 bridgehead atoms. The van der Waals surface area contributed by atoms with Gasteiger partial charge in [0.1, 0.15) is 6.54 Å². The quantitative estimate of drug-likeness (QED) is 0.603. The number of hydrogen-bond acceptors (Lipinski definition) is 1. The minimum absolute atomic E-state index is 0. The van der Waals surface area contributed by atoms with E-state index in [0.29, 0.717) is 0 Å². The third-order valence-electron chi connectivity index (χ3n) is 1.14. The zero-order valence-electron chi connectivity index (χ0n) is 7.25. The Morgan fingerprint density at radius 1 is 1.18 bits per heavy atom. The molecule has 0 atom stereocenters. The van der Waals surface area contributed by atoms with Crippen LogP contribution in [0.1, 0.15) is 13.8 Å². The first-order valence-corrected chi connectivity index (χ1v) is 3.57. The maximum Gasteiger partial charge on any atom is 0.104 e. The Morgan fingerprint density at radius 3 is 1.91 bits per heavy atom. The number of nitrogens with one attached hydrogen (secondary N) is 1. The summed E-state index contributed by atoms with van der Waals surface area (Å²) >= 11 is 0. The highest BCUT2D eigenvalue weighted by Crippen LogP contribution is 1.62. The summed E-state index contributed by atoms with van der Waals surface area (Å²) in [5.41, 5.74) is 0. The first kappa shape index (κ1) is 12.8. The standard InChI is InChI=1S/C9H15N.H2O/c1-4-7-10(8-5-2)9-6-3;/h4-6,8-9H,1,7H2,2-3H3;1H2. The van der Waals surface area contributed by atoms with Gasteiger partial charge in [0.05, 0.1) is 12.4 Å². The molecule has 0 aliphatic carbocycles. The largest absolute Gasteiger partial charge is 0.870 e. The van der Waals surface area contributed by atoms with Crippen LogP contribution in [-0.4, -0.2) is 12.0 Å². The van der Waals surface area contributed by atoms with E-state index in [-0.39, 0.29) is 5.48 Å². The number of rotatable bonds is 4. The molecule has 0 fully saturated rings. The van der Waals surface area contributed by atoms with Crippen molar-refractivity contribution >= 4 is 0 Å². The predicted molar refractivity (Wildman–Crippen MR) is 47.6 cm³/mol. The van der Waals surface area contributed by atoms with E-state index < -0.39 is 0 Å². The molecule has 0 saturated carbocycles. The van der Waals surface area contributed by atoms with Crippen LogP contribution < -0.4 is 4.90 Å². The summed E-state index contributed by atoms with van der Waals surface area (Å²) in [5.74, 6) is 0. The summed E-state index contributed by atoms with van der Waals surface area (Å²) in [4.78, 5) is 1.31. The molecule has 0 saturated heterocycles. The van der Waals surface area contributed by atoms with Gasteiger partial charge in [-0.05, 0) is 32.1 Å². The van der Waals surface area contributed by atoms with Gasteiger partial charge in [0.15, 0.2) is 0 Å². The summed E-state index contributed by atoms with van der Waals surface area (Å²) in [6, 6.07) is 0. The van der Waals surface area contributed by atoms with Crippen molar-refractivity contribution in [3.05, 3.63) is 37.2 Å². The van der Waals surface area contributed by atoms with Crippen molar-refractivity contribution in [2.75, 3.05) is 6.54 Å². The number of hydrogen-bond donors (Lipinski definition) is 1. The van der Waals surface area contributed by atoms with E-state index in [0.717, 1.165) is 6.54 Å². The van der Waals surface area contributed by atoms with Gasteiger partial charge in [-0.2, -0.15) is 0 Å². The van der Waals surface area contributed by atoms with Gasteiger partial charge in [0, 0.05) is 0 Å². The average Bonchev–Trinajstić information content (AvgIpc) is 1.90. The van der Waals surface area contributed by atoms with Crippen molar-refractivity contribution in [3.8, 4) is 0 Å². The Hall–Kier alpha value is -0.860. The number of quaternary nitrogens is 1. The first-order valence-electron chi connectivity index (χ1n) is 3.57. The summed E-state index contributed by atoms with van der Waals surface area (Å²) in [6.45, 7) is 8.67. The Morgan fingerprint density at radius 2 is 1.64 bits per heavy atom. The fraction of sp³-hybridized carbons (Fsp3) is 0.333. The maximum absolute atomic E-state index is 3.68. The smallest absolute Gasteiger partial charge is 0.104 e. The van der Waals surface area contributed by atoms with E-state index in [4.69, 9.17) is 0 Å².